The Kier molecular flexibility index (Phi) is 206. The maximum Gasteiger partial charge on any atom is 0 e. The van der Waals surface area contributed by atoms with E-state index in [2.05, 4.69) is 0 Å². The second kappa shape index (κ2) is 20.8. The van der Waals surface area contributed by atoms with Gasteiger partial charge in [-0.25, -0.2) is 0 Å². The molecule has 0 N–H and O–H groups in total. The smallest absolute Gasteiger partial charge is 0 e. The Bertz CT molecular complexity index is 6.00. The van der Waals surface area contributed by atoms with Crippen LogP contribution in [-0.2, 0) is 53.6 Å². The van der Waals surface area contributed by atoms with Crippen molar-refractivity contribution in [2.75, 3.05) is 0 Å². The van der Waals surface area contributed by atoms with Crippen molar-refractivity contribution in [2.45, 2.75) is 0 Å². The molecule has 0 aromatic carbocycles. The largest absolute Gasteiger partial charge is 0 e. The van der Waals surface area contributed by atoms with Gasteiger partial charge >= 0.3 is 0 Å². The molecular formula is Cu2SiZn. The van der Waals surface area contributed by atoms with Crippen LogP contribution in [0.4, 0.5) is 0 Å². The summed E-state index contributed by atoms with van der Waals surface area (Å²) in [7, 11) is 0. The van der Waals surface area contributed by atoms with Crippen LogP contribution in [0.1, 0.15) is 0 Å². The molecule has 0 nitrogen and oxygen atoms in total. The van der Waals surface area contributed by atoms with Gasteiger partial charge in [0, 0.05) is 64.6 Å². The molecule has 0 saturated carbocycles. The Balaban J connectivity index is 0. The van der Waals surface area contributed by atoms with Crippen molar-refractivity contribution in [1.82, 2.24) is 0 Å². The van der Waals surface area contributed by atoms with Crippen LogP contribution < -0.4 is 0 Å². The molecule has 0 aromatic rings. The Labute approximate surface area is 64.2 Å². The average molecular weight is 221 g/mol. The molecule has 28 valence electrons. The van der Waals surface area contributed by atoms with E-state index < -0.39 is 0 Å². The van der Waals surface area contributed by atoms with Gasteiger partial charge in [0.15, 0.2) is 0 Å². The average Bonchev–Trinajstić information content (AvgIpc) is 0. The predicted molar refractivity (Wildman–Crippen MR) is 5.75 cm³/mol. The van der Waals surface area contributed by atoms with Crippen molar-refractivity contribution >= 4 is 11.0 Å². The van der Waals surface area contributed by atoms with Crippen LogP contribution in [0.25, 0.3) is 0 Å². The van der Waals surface area contributed by atoms with E-state index in [-0.39, 0.29) is 64.6 Å². The fourth-order valence-electron chi connectivity index (χ4n) is 0. The molecule has 0 heterocycles. The van der Waals surface area contributed by atoms with Crippen LogP contribution in [-0.4, -0.2) is 11.0 Å². The molecule has 4 heavy (non-hydrogen) atoms. The van der Waals surface area contributed by atoms with Gasteiger partial charge in [0.1, 0.15) is 0 Å². The monoisotopic (exact) mass is 218 g/mol. The second-order valence-electron chi connectivity index (χ2n) is 0. The van der Waals surface area contributed by atoms with E-state index >= 15 is 0 Å². The topological polar surface area (TPSA) is 0 Å². The molecule has 0 amide bonds. The summed E-state index contributed by atoms with van der Waals surface area (Å²) in [5.41, 5.74) is 0. The molecule has 6 radical (unpaired) electrons. The Hall–Kier alpha value is 1.88. The van der Waals surface area contributed by atoms with E-state index in [0.717, 1.165) is 0 Å². The molecule has 0 unspecified atom stereocenters. The van der Waals surface area contributed by atoms with E-state index in [4.69, 9.17) is 0 Å². The van der Waals surface area contributed by atoms with E-state index in [1.54, 1.807) is 0 Å². The SMILES string of the molecule is [Cu].[Cu].[Si].[Zn]. The van der Waals surface area contributed by atoms with E-state index in [9.17, 15) is 0 Å². The van der Waals surface area contributed by atoms with Crippen LogP contribution in [0.2, 0.25) is 0 Å². The number of rotatable bonds is 0. The third-order valence-corrected chi connectivity index (χ3v) is 0. The fraction of sp³-hybridized carbons (Fsp3) is 0. The first-order valence-corrected chi connectivity index (χ1v) is 0. The minimum atomic E-state index is 0. The predicted octanol–water partition coefficient (Wildman–Crippen LogP) is -0.388. The third kappa shape index (κ3) is 9.11. The van der Waals surface area contributed by atoms with E-state index in [1.165, 1.54) is 0 Å². The molecule has 0 aromatic heterocycles. The maximum atomic E-state index is 0. The molecule has 0 aliphatic rings. The van der Waals surface area contributed by atoms with Gasteiger partial charge in [-0.1, -0.05) is 0 Å². The first kappa shape index (κ1) is 39.6. The molecule has 0 spiro atoms. The van der Waals surface area contributed by atoms with Gasteiger partial charge in [0.05, 0.1) is 0 Å². The van der Waals surface area contributed by atoms with Gasteiger partial charge in [-0.05, 0) is 0 Å². The van der Waals surface area contributed by atoms with Gasteiger partial charge in [-0.2, -0.15) is 0 Å². The Morgan fingerprint density at radius 2 is 0.750 bits per heavy atom. The van der Waals surface area contributed by atoms with Crippen molar-refractivity contribution < 1.29 is 53.6 Å². The summed E-state index contributed by atoms with van der Waals surface area (Å²) in [6.07, 6.45) is 0. The molecule has 0 rings (SSSR count). The number of hydrogen-bond acceptors (Lipinski definition) is 0. The van der Waals surface area contributed by atoms with E-state index in [1.807, 2.05) is 0 Å². The molecule has 0 atom stereocenters. The summed E-state index contributed by atoms with van der Waals surface area (Å²) in [6, 6.07) is 0. The van der Waals surface area contributed by atoms with Gasteiger partial charge < -0.3 is 0 Å². The zero-order chi connectivity index (χ0) is 0. The first-order valence-electron chi connectivity index (χ1n) is 0. The summed E-state index contributed by atoms with van der Waals surface area (Å²) in [6.45, 7) is 0. The maximum absolute atomic E-state index is 0. The molecule has 0 fully saturated rings. The third-order valence-electron chi connectivity index (χ3n) is 0. The van der Waals surface area contributed by atoms with Crippen molar-refractivity contribution in [3.8, 4) is 0 Å². The summed E-state index contributed by atoms with van der Waals surface area (Å²) in [4.78, 5) is 0. The van der Waals surface area contributed by atoms with Crippen LogP contribution in [0, 0.1) is 0 Å². The Morgan fingerprint density at radius 3 is 0.750 bits per heavy atom. The van der Waals surface area contributed by atoms with Crippen LogP contribution in [0.3, 0.4) is 0 Å². The zero-order valence-electron chi connectivity index (χ0n) is 1.81. The second-order valence-corrected chi connectivity index (χ2v) is 0. The quantitative estimate of drug-likeness (QED) is 0.488. The summed E-state index contributed by atoms with van der Waals surface area (Å²) in [5.74, 6) is 0. The van der Waals surface area contributed by atoms with E-state index in [0.29, 0.717) is 0 Å². The van der Waals surface area contributed by atoms with Crippen molar-refractivity contribution in [1.29, 1.82) is 0 Å². The fourth-order valence-corrected chi connectivity index (χ4v) is 0. The molecule has 4 heteroatoms. The summed E-state index contributed by atoms with van der Waals surface area (Å²) < 4.78 is 0. The van der Waals surface area contributed by atoms with Gasteiger partial charge in [0.25, 0.3) is 0 Å². The van der Waals surface area contributed by atoms with Crippen molar-refractivity contribution in [3.63, 3.8) is 0 Å². The first-order chi connectivity index (χ1) is 0. The van der Waals surface area contributed by atoms with Gasteiger partial charge in [0.2, 0.25) is 0 Å². The summed E-state index contributed by atoms with van der Waals surface area (Å²) >= 11 is 0. The molecular weight excluding hydrogens is 221 g/mol. The standard InChI is InChI=1S/2Cu.Si.Zn. The summed E-state index contributed by atoms with van der Waals surface area (Å²) in [5, 5.41) is 0. The molecule has 0 saturated heterocycles. The normalized spacial score (nSPS) is 0. The molecule has 0 bridgehead atoms. The van der Waals surface area contributed by atoms with Crippen molar-refractivity contribution in [2.24, 2.45) is 0 Å². The molecule has 0 aliphatic heterocycles. The zero-order valence-corrected chi connectivity index (χ0v) is 7.66. The van der Waals surface area contributed by atoms with Crippen LogP contribution >= 0.6 is 0 Å². The molecule has 0 aliphatic carbocycles. The van der Waals surface area contributed by atoms with Gasteiger partial charge in [-0.15, -0.1) is 0 Å². The van der Waals surface area contributed by atoms with Gasteiger partial charge in [-0.3, -0.25) is 0 Å². The van der Waals surface area contributed by atoms with Crippen LogP contribution in [0.15, 0.2) is 0 Å². The Morgan fingerprint density at radius 1 is 0.750 bits per heavy atom. The number of hydrogen-bond donors (Lipinski definition) is 0. The minimum absolute atomic E-state index is 0. The minimum Gasteiger partial charge on any atom is 0 e. The van der Waals surface area contributed by atoms with Crippen molar-refractivity contribution in [3.05, 3.63) is 0 Å². The van der Waals surface area contributed by atoms with Crippen LogP contribution in [0.5, 0.6) is 0 Å².